The molecular weight excluding hydrogens is 397 g/mol. The minimum absolute atomic E-state index is 0.0829. The molecule has 0 aliphatic rings. The fraction of sp³-hybridized carbons (Fsp3) is 0.333. The third-order valence-corrected chi connectivity index (χ3v) is 5.15. The number of furan rings is 1. The summed E-state index contributed by atoms with van der Waals surface area (Å²) in [6.45, 7) is 3.05. The predicted molar refractivity (Wildman–Crippen MR) is 116 cm³/mol. The maximum Gasteiger partial charge on any atom is 0.254 e. The number of unbranched alkanes of at least 4 members (excludes halogenated alkanes) is 1. The van der Waals surface area contributed by atoms with Gasteiger partial charge in [0.1, 0.15) is 18.1 Å². The molecule has 164 valence electrons. The molecule has 1 aromatic carbocycles. The summed E-state index contributed by atoms with van der Waals surface area (Å²) in [6.07, 6.45) is 5.12. The number of hydrogen-bond donors (Lipinski definition) is 0. The SMILES string of the molecule is CCCCN(CC(=O)N(Cc1ccco1)Cc1cccn1C)C(=O)c1cccc(F)c1. The summed E-state index contributed by atoms with van der Waals surface area (Å²) in [5.74, 6) is -0.355. The molecule has 6 nitrogen and oxygen atoms in total. The van der Waals surface area contributed by atoms with Crippen LogP contribution in [0.1, 0.15) is 41.6 Å². The molecule has 0 spiro atoms. The van der Waals surface area contributed by atoms with Crippen LogP contribution in [0.15, 0.2) is 65.4 Å². The van der Waals surface area contributed by atoms with Gasteiger partial charge in [-0.2, -0.15) is 0 Å². The number of rotatable bonds is 10. The van der Waals surface area contributed by atoms with Gasteiger partial charge in [0.15, 0.2) is 0 Å². The van der Waals surface area contributed by atoms with Crippen molar-refractivity contribution in [2.24, 2.45) is 7.05 Å². The first-order valence-electron chi connectivity index (χ1n) is 10.4. The highest BCUT2D eigenvalue weighted by Gasteiger charge is 2.23. The van der Waals surface area contributed by atoms with Crippen LogP contribution in [0.4, 0.5) is 4.39 Å². The molecule has 0 bridgehead atoms. The number of halogens is 1. The highest BCUT2D eigenvalue weighted by molar-refractivity contribution is 5.96. The van der Waals surface area contributed by atoms with Crippen LogP contribution >= 0.6 is 0 Å². The molecule has 0 radical (unpaired) electrons. The summed E-state index contributed by atoms with van der Waals surface area (Å²) >= 11 is 0. The smallest absolute Gasteiger partial charge is 0.254 e. The molecule has 0 unspecified atom stereocenters. The van der Waals surface area contributed by atoms with E-state index in [9.17, 15) is 14.0 Å². The number of aryl methyl sites for hydroxylation is 1. The minimum atomic E-state index is -0.476. The van der Waals surface area contributed by atoms with Gasteiger partial charge in [0.25, 0.3) is 5.91 Å². The van der Waals surface area contributed by atoms with Gasteiger partial charge in [-0.25, -0.2) is 4.39 Å². The number of benzene rings is 1. The standard InChI is InChI=1S/C24H28FN3O3/c1-3-4-13-27(24(30)19-8-5-9-20(25)15-19)18-23(29)28(17-22-11-7-14-31-22)16-21-10-6-12-26(21)2/h5-12,14-15H,3-4,13,16-18H2,1-2H3. The molecule has 0 saturated heterocycles. The van der Waals surface area contributed by atoms with Gasteiger partial charge >= 0.3 is 0 Å². The van der Waals surface area contributed by atoms with Crippen molar-refractivity contribution in [3.05, 3.63) is 83.8 Å². The van der Waals surface area contributed by atoms with Crippen molar-refractivity contribution in [1.29, 1.82) is 0 Å². The second-order valence-corrected chi connectivity index (χ2v) is 7.53. The van der Waals surface area contributed by atoms with Crippen molar-refractivity contribution < 1.29 is 18.4 Å². The third-order valence-electron chi connectivity index (χ3n) is 5.15. The normalized spacial score (nSPS) is 10.8. The topological polar surface area (TPSA) is 58.7 Å². The van der Waals surface area contributed by atoms with Crippen LogP contribution in [0.5, 0.6) is 0 Å². The van der Waals surface area contributed by atoms with Gasteiger partial charge in [0.2, 0.25) is 5.91 Å². The largest absolute Gasteiger partial charge is 0.467 e. The molecule has 0 atom stereocenters. The Kier molecular flexibility index (Phi) is 7.65. The first kappa shape index (κ1) is 22.3. The molecule has 3 aromatic rings. The van der Waals surface area contributed by atoms with E-state index < -0.39 is 5.82 Å². The van der Waals surface area contributed by atoms with Crippen molar-refractivity contribution in [3.63, 3.8) is 0 Å². The Balaban J connectivity index is 1.79. The van der Waals surface area contributed by atoms with E-state index in [2.05, 4.69) is 0 Å². The Hall–Kier alpha value is -3.35. The van der Waals surface area contributed by atoms with E-state index in [-0.39, 0.29) is 23.9 Å². The monoisotopic (exact) mass is 425 g/mol. The lowest BCUT2D eigenvalue weighted by atomic mass is 10.1. The third kappa shape index (κ3) is 6.07. The summed E-state index contributed by atoms with van der Waals surface area (Å²) < 4.78 is 21.0. The van der Waals surface area contributed by atoms with Crippen molar-refractivity contribution in [2.45, 2.75) is 32.9 Å². The zero-order chi connectivity index (χ0) is 22.2. The number of hydrogen-bond acceptors (Lipinski definition) is 3. The molecule has 0 aliphatic carbocycles. The first-order valence-corrected chi connectivity index (χ1v) is 10.4. The molecule has 7 heteroatoms. The Bertz CT molecular complexity index is 997. The quantitative estimate of drug-likeness (QED) is 0.488. The summed E-state index contributed by atoms with van der Waals surface area (Å²) in [7, 11) is 1.92. The van der Waals surface area contributed by atoms with Gasteiger partial charge in [-0.3, -0.25) is 9.59 Å². The fourth-order valence-electron chi connectivity index (χ4n) is 3.35. The molecule has 2 aromatic heterocycles. The molecule has 0 aliphatic heterocycles. The first-order chi connectivity index (χ1) is 15.0. The highest BCUT2D eigenvalue weighted by Crippen LogP contribution is 2.14. The molecular formula is C24H28FN3O3. The Morgan fingerprint density at radius 3 is 2.55 bits per heavy atom. The Morgan fingerprint density at radius 2 is 1.90 bits per heavy atom. The van der Waals surface area contributed by atoms with Gasteiger partial charge in [-0.1, -0.05) is 19.4 Å². The van der Waals surface area contributed by atoms with Crippen molar-refractivity contribution in [2.75, 3.05) is 13.1 Å². The van der Waals surface area contributed by atoms with Crippen LogP contribution in [0.2, 0.25) is 0 Å². The van der Waals surface area contributed by atoms with E-state index in [0.29, 0.717) is 25.4 Å². The number of carbonyl (C=O) groups excluding carboxylic acids is 2. The van der Waals surface area contributed by atoms with Gasteiger partial charge in [-0.05, 0) is 48.9 Å². The molecule has 3 rings (SSSR count). The Labute approximate surface area is 181 Å². The highest BCUT2D eigenvalue weighted by atomic mass is 19.1. The van der Waals surface area contributed by atoms with Crippen LogP contribution in [0.25, 0.3) is 0 Å². The van der Waals surface area contributed by atoms with E-state index in [1.807, 2.05) is 42.9 Å². The lowest BCUT2D eigenvalue weighted by Gasteiger charge is -2.27. The van der Waals surface area contributed by atoms with E-state index >= 15 is 0 Å². The van der Waals surface area contributed by atoms with Crippen LogP contribution in [-0.2, 0) is 24.9 Å². The van der Waals surface area contributed by atoms with Gasteiger partial charge < -0.3 is 18.8 Å². The molecule has 0 N–H and O–H groups in total. The molecule has 2 amide bonds. The van der Waals surface area contributed by atoms with Crippen LogP contribution < -0.4 is 0 Å². The maximum atomic E-state index is 13.6. The number of aromatic nitrogens is 1. The van der Waals surface area contributed by atoms with Crippen molar-refractivity contribution in [1.82, 2.24) is 14.4 Å². The summed E-state index contributed by atoms with van der Waals surface area (Å²) in [5, 5.41) is 0. The maximum absolute atomic E-state index is 13.6. The predicted octanol–water partition coefficient (Wildman–Crippen LogP) is 4.23. The Morgan fingerprint density at radius 1 is 1.06 bits per heavy atom. The van der Waals surface area contributed by atoms with E-state index in [1.165, 1.54) is 23.1 Å². The van der Waals surface area contributed by atoms with E-state index in [4.69, 9.17) is 4.42 Å². The molecule has 2 heterocycles. The van der Waals surface area contributed by atoms with Gasteiger partial charge in [-0.15, -0.1) is 0 Å². The zero-order valence-electron chi connectivity index (χ0n) is 18.0. The number of nitrogens with zero attached hydrogens (tertiary/aromatic N) is 3. The molecule has 0 fully saturated rings. The van der Waals surface area contributed by atoms with Crippen LogP contribution in [0, 0.1) is 5.82 Å². The van der Waals surface area contributed by atoms with E-state index in [0.717, 1.165) is 18.5 Å². The number of carbonyl (C=O) groups is 2. The molecule has 0 saturated carbocycles. The lowest BCUT2D eigenvalue weighted by molar-refractivity contribution is -0.133. The summed E-state index contributed by atoms with van der Waals surface area (Å²) in [4.78, 5) is 29.5. The van der Waals surface area contributed by atoms with Crippen LogP contribution in [0.3, 0.4) is 0 Å². The lowest BCUT2D eigenvalue weighted by Crippen LogP contribution is -2.43. The zero-order valence-corrected chi connectivity index (χ0v) is 18.0. The van der Waals surface area contributed by atoms with E-state index in [1.54, 1.807) is 23.3 Å². The second kappa shape index (κ2) is 10.6. The van der Waals surface area contributed by atoms with Crippen molar-refractivity contribution in [3.8, 4) is 0 Å². The molecule has 31 heavy (non-hydrogen) atoms. The number of amides is 2. The van der Waals surface area contributed by atoms with Gasteiger partial charge in [0.05, 0.1) is 19.4 Å². The summed E-state index contributed by atoms with van der Waals surface area (Å²) in [6, 6.07) is 13.0. The van der Waals surface area contributed by atoms with Gasteiger partial charge in [0, 0.05) is 31.0 Å². The summed E-state index contributed by atoms with van der Waals surface area (Å²) in [5.41, 5.74) is 1.21. The fourth-order valence-corrected chi connectivity index (χ4v) is 3.35. The van der Waals surface area contributed by atoms with Crippen LogP contribution in [-0.4, -0.2) is 39.3 Å². The second-order valence-electron chi connectivity index (χ2n) is 7.53. The van der Waals surface area contributed by atoms with Crippen molar-refractivity contribution >= 4 is 11.8 Å². The average molecular weight is 426 g/mol. The minimum Gasteiger partial charge on any atom is -0.467 e. The average Bonchev–Trinajstić information content (AvgIpc) is 3.42.